The van der Waals surface area contributed by atoms with Crippen LogP contribution in [0.15, 0.2) is 0 Å². The number of hydrogen-bond acceptors (Lipinski definition) is 3. The second kappa shape index (κ2) is 3.83. The molecule has 0 fully saturated rings. The van der Waals surface area contributed by atoms with Crippen molar-refractivity contribution < 1.29 is 4.92 Å². The van der Waals surface area contributed by atoms with Gasteiger partial charge in [-0.25, -0.2) is 0 Å². The summed E-state index contributed by atoms with van der Waals surface area (Å²) < 4.78 is 0. The Morgan fingerprint density at radius 1 is 1.70 bits per heavy atom. The SMILES string of the molecule is CC(C)[C@@H](C#N)C[N+](=O)[O-]. The first-order valence-electron chi connectivity index (χ1n) is 3.09. The van der Waals surface area contributed by atoms with Crippen molar-refractivity contribution in [2.75, 3.05) is 6.54 Å². The zero-order valence-electron chi connectivity index (χ0n) is 6.07. The van der Waals surface area contributed by atoms with E-state index < -0.39 is 10.8 Å². The summed E-state index contributed by atoms with van der Waals surface area (Å²) in [5.74, 6) is -0.384. The lowest BCUT2D eigenvalue weighted by atomic mass is 9.98. The summed E-state index contributed by atoms with van der Waals surface area (Å²) in [5.41, 5.74) is 0. The number of nitrogens with zero attached hydrogens (tertiary/aromatic N) is 2. The van der Waals surface area contributed by atoms with Crippen molar-refractivity contribution in [2.45, 2.75) is 13.8 Å². The maximum absolute atomic E-state index is 9.93. The van der Waals surface area contributed by atoms with Crippen LogP contribution in [0.4, 0.5) is 0 Å². The van der Waals surface area contributed by atoms with Crippen LogP contribution in [0.25, 0.3) is 0 Å². The maximum Gasteiger partial charge on any atom is 0.219 e. The number of hydrogen-bond donors (Lipinski definition) is 0. The van der Waals surface area contributed by atoms with Crippen LogP contribution < -0.4 is 0 Å². The van der Waals surface area contributed by atoms with Gasteiger partial charge in [-0.05, 0) is 5.92 Å². The highest BCUT2D eigenvalue weighted by molar-refractivity contribution is 4.84. The van der Waals surface area contributed by atoms with E-state index in [1.165, 1.54) is 0 Å². The Bertz CT molecular complexity index is 160. The summed E-state index contributed by atoms with van der Waals surface area (Å²) in [5, 5.41) is 18.3. The van der Waals surface area contributed by atoms with Gasteiger partial charge in [-0.1, -0.05) is 13.8 Å². The molecule has 0 aliphatic heterocycles. The monoisotopic (exact) mass is 142 g/mol. The van der Waals surface area contributed by atoms with Gasteiger partial charge in [0.1, 0.15) is 5.92 Å². The van der Waals surface area contributed by atoms with Gasteiger partial charge in [0.05, 0.1) is 6.07 Å². The molecule has 0 radical (unpaired) electrons. The average Bonchev–Trinajstić information content (AvgIpc) is 1.81. The van der Waals surface area contributed by atoms with Crippen molar-refractivity contribution >= 4 is 0 Å². The zero-order valence-corrected chi connectivity index (χ0v) is 6.07. The smallest absolute Gasteiger partial charge is 0.219 e. The molecule has 0 aliphatic rings. The van der Waals surface area contributed by atoms with E-state index >= 15 is 0 Å². The lowest BCUT2D eigenvalue weighted by Gasteiger charge is -2.05. The summed E-state index contributed by atoms with van der Waals surface area (Å²) in [6.07, 6.45) is 0. The highest BCUT2D eigenvalue weighted by Crippen LogP contribution is 2.08. The maximum atomic E-state index is 9.93. The fraction of sp³-hybridized carbons (Fsp3) is 0.833. The molecule has 0 aliphatic carbocycles. The number of rotatable bonds is 3. The molecular formula is C6H10N2O2. The van der Waals surface area contributed by atoms with E-state index in [4.69, 9.17) is 5.26 Å². The third-order valence-corrected chi connectivity index (χ3v) is 1.32. The molecule has 4 heteroatoms. The van der Waals surface area contributed by atoms with E-state index in [-0.39, 0.29) is 12.5 Å². The largest absolute Gasteiger partial charge is 0.264 e. The van der Waals surface area contributed by atoms with Crippen LogP contribution in [0.2, 0.25) is 0 Å². The van der Waals surface area contributed by atoms with Gasteiger partial charge in [0.2, 0.25) is 6.54 Å². The van der Waals surface area contributed by atoms with E-state index in [0.717, 1.165) is 0 Å². The lowest BCUT2D eigenvalue weighted by molar-refractivity contribution is -0.486. The molecule has 0 spiro atoms. The quantitative estimate of drug-likeness (QED) is 0.437. The standard InChI is InChI=1S/C6H10N2O2/c1-5(2)6(3-7)4-8(9)10/h5-6H,4H2,1-2H3/t6-/m0/s1. The molecule has 0 saturated carbocycles. The first kappa shape index (κ1) is 8.89. The Morgan fingerprint density at radius 2 is 2.20 bits per heavy atom. The molecule has 0 bridgehead atoms. The van der Waals surface area contributed by atoms with E-state index in [1.54, 1.807) is 13.8 Å². The predicted octanol–water partition coefficient (Wildman–Crippen LogP) is 1.06. The van der Waals surface area contributed by atoms with Crippen LogP contribution in [0, 0.1) is 33.3 Å². The summed E-state index contributed by atoms with van der Waals surface area (Å²) >= 11 is 0. The first-order chi connectivity index (χ1) is 4.57. The Morgan fingerprint density at radius 3 is 2.30 bits per heavy atom. The van der Waals surface area contributed by atoms with Crippen LogP contribution in [-0.4, -0.2) is 11.5 Å². The van der Waals surface area contributed by atoms with Crippen molar-refractivity contribution in [3.8, 4) is 6.07 Å². The second-order valence-corrected chi connectivity index (χ2v) is 2.49. The van der Waals surface area contributed by atoms with Crippen molar-refractivity contribution in [3.05, 3.63) is 10.1 Å². The van der Waals surface area contributed by atoms with Crippen molar-refractivity contribution in [1.29, 1.82) is 5.26 Å². The molecule has 1 atom stereocenters. The van der Waals surface area contributed by atoms with E-state index in [2.05, 4.69) is 0 Å². The third kappa shape index (κ3) is 3.02. The molecule has 0 heterocycles. The Kier molecular flexibility index (Phi) is 3.40. The molecule has 56 valence electrons. The fourth-order valence-corrected chi connectivity index (χ4v) is 0.561. The molecular weight excluding hydrogens is 132 g/mol. The third-order valence-electron chi connectivity index (χ3n) is 1.32. The Balaban J connectivity index is 3.87. The average molecular weight is 142 g/mol. The van der Waals surface area contributed by atoms with Gasteiger partial charge in [-0.2, -0.15) is 5.26 Å². The summed E-state index contributed by atoms with van der Waals surface area (Å²) in [4.78, 5) is 9.48. The highest BCUT2D eigenvalue weighted by Gasteiger charge is 2.17. The van der Waals surface area contributed by atoms with E-state index in [9.17, 15) is 10.1 Å². The van der Waals surface area contributed by atoms with Crippen molar-refractivity contribution in [1.82, 2.24) is 0 Å². The minimum atomic E-state index is -0.451. The van der Waals surface area contributed by atoms with Gasteiger partial charge in [-0.3, -0.25) is 10.1 Å². The number of nitriles is 1. The number of nitro groups is 1. The molecule has 0 aromatic rings. The van der Waals surface area contributed by atoms with Gasteiger partial charge < -0.3 is 0 Å². The molecule has 0 aromatic heterocycles. The Labute approximate surface area is 59.6 Å². The van der Waals surface area contributed by atoms with E-state index in [1.807, 2.05) is 6.07 Å². The molecule has 0 saturated heterocycles. The van der Waals surface area contributed by atoms with Crippen molar-refractivity contribution in [2.24, 2.45) is 11.8 Å². The van der Waals surface area contributed by atoms with Crippen LogP contribution >= 0.6 is 0 Å². The van der Waals surface area contributed by atoms with Gasteiger partial charge >= 0.3 is 0 Å². The minimum absolute atomic E-state index is 0.0652. The predicted molar refractivity (Wildman–Crippen MR) is 35.8 cm³/mol. The topological polar surface area (TPSA) is 66.9 Å². The molecule has 0 N–H and O–H groups in total. The van der Waals surface area contributed by atoms with Gasteiger partial charge in [0.15, 0.2) is 0 Å². The first-order valence-corrected chi connectivity index (χ1v) is 3.09. The second-order valence-electron chi connectivity index (χ2n) is 2.49. The Hall–Kier alpha value is -1.11. The highest BCUT2D eigenvalue weighted by atomic mass is 16.6. The summed E-state index contributed by atoms with van der Waals surface area (Å²) in [6, 6.07) is 1.89. The fourth-order valence-electron chi connectivity index (χ4n) is 0.561. The molecule has 0 amide bonds. The van der Waals surface area contributed by atoms with E-state index in [0.29, 0.717) is 0 Å². The molecule has 0 aromatic carbocycles. The minimum Gasteiger partial charge on any atom is -0.264 e. The summed E-state index contributed by atoms with van der Waals surface area (Å²) in [7, 11) is 0. The molecule has 0 unspecified atom stereocenters. The van der Waals surface area contributed by atoms with Crippen LogP contribution in [-0.2, 0) is 0 Å². The normalized spacial score (nSPS) is 12.6. The summed E-state index contributed by atoms with van der Waals surface area (Å²) in [6.45, 7) is 3.36. The van der Waals surface area contributed by atoms with Gasteiger partial charge in [-0.15, -0.1) is 0 Å². The zero-order chi connectivity index (χ0) is 8.15. The lowest BCUT2D eigenvalue weighted by Crippen LogP contribution is -2.17. The van der Waals surface area contributed by atoms with Crippen LogP contribution in [0.3, 0.4) is 0 Å². The van der Waals surface area contributed by atoms with Gasteiger partial charge in [0, 0.05) is 4.92 Å². The van der Waals surface area contributed by atoms with Crippen LogP contribution in [0.5, 0.6) is 0 Å². The molecule has 0 rings (SSSR count). The molecule has 10 heavy (non-hydrogen) atoms. The van der Waals surface area contributed by atoms with Crippen molar-refractivity contribution in [3.63, 3.8) is 0 Å². The van der Waals surface area contributed by atoms with Gasteiger partial charge in [0.25, 0.3) is 0 Å². The molecule has 4 nitrogen and oxygen atoms in total. The van der Waals surface area contributed by atoms with Crippen LogP contribution in [0.1, 0.15) is 13.8 Å².